The Balaban J connectivity index is 2.21. The number of aromatic nitrogens is 3. The molecule has 0 atom stereocenters. The molecule has 0 aliphatic heterocycles. The molecule has 3 nitrogen and oxygen atoms in total. The van der Waals surface area contributed by atoms with Gasteiger partial charge in [-0.2, -0.15) is 5.10 Å². The zero-order chi connectivity index (χ0) is 14.4. The Bertz CT molecular complexity index is 972. The number of benzene rings is 2. The first-order valence-corrected chi connectivity index (χ1v) is 7.53. The first-order chi connectivity index (χ1) is 10.3. The molecule has 0 spiro atoms. The molecule has 4 aromatic rings. The van der Waals surface area contributed by atoms with E-state index in [2.05, 4.69) is 44.3 Å². The van der Waals surface area contributed by atoms with Gasteiger partial charge in [0.15, 0.2) is 0 Å². The van der Waals surface area contributed by atoms with E-state index < -0.39 is 0 Å². The number of fused-ring (bicyclic) bond motifs is 3. The third-order valence-electron chi connectivity index (χ3n) is 3.70. The number of H-pyrrole nitrogens is 1. The van der Waals surface area contributed by atoms with Crippen molar-refractivity contribution < 1.29 is 0 Å². The van der Waals surface area contributed by atoms with E-state index in [4.69, 9.17) is 4.98 Å². The topological polar surface area (TPSA) is 41.6 Å². The zero-order valence-electron chi connectivity index (χ0n) is 11.4. The van der Waals surface area contributed by atoms with Crippen LogP contribution in [0.3, 0.4) is 0 Å². The number of aromatic amines is 1. The summed E-state index contributed by atoms with van der Waals surface area (Å²) in [5, 5.41) is 9.68. The van der Waals surface area contributed by atoms with E-state index in [0.29, 0.717) is 0 Å². The second-order valence-electron chi connectivity index (χ2n) is 5.03. The molecule has 102 valence electrons. The molecule has 2 aromatic carbocycles. The molecule has 1 N–H and O–H groups in total. The van der Waals surface area contributed by atoms with Gasteiger partial charge in [-0.3, -0.25) is 5.10 Å². The van der Waals surface area contributed by atoms with Crippen LogP contribution in [0.4, 0.5) is 0 Å². The van der Waals surface area contributed by atoms with E-state index in [-0.39, 0.29) is 0 Å². The first kappa shape index (κ1) is 12.5. The Morgan fingerprint density at radius 3 is 2.43 bits per heavy atom. The third-order valence-corrected chi connectivity index (χ3v) is 4.40. The monoisotopic (exact) mass is 337 g/mol. The lowest BCUT2D eigenvalue weighted by Gasteiger charge is -2.09. The fraction of sp³-hybridized carbons (Fsp3) is 0.0588. The molecule has 0 bridgehead atoms. The number of nitrogens with one attached hydrogen (secondary N) is 1. The summed E-state index contributed by atoms with van der Waals surface area (Å²) < 4.78 is 1.04. The molecular weight excluding hydrogens is 326 g/mol. The van der Waals surface area contributed by atoms with Crippen molar-refractivity contribution in [3.8, 4) is 11.3 Å². The van der Waals surface area contributed by atoms with E-state index in [1.165, 1.54) is 0 Å². The lowest BCUT2D eigenvalue weighted by molar-refractivity contribution is 1.07. The second-order valence-corrected chi connectivity index (χ2v) is 5.89. The van der Waals surface area contributed by atoms with Gasteiger partial charge in [0.2, 0.25) is 0 Å². The highest BCUT2D eigenvalue weighted by molar-refractivity contribution is 9.10. The van der Waals surface area contributed by atoms with Gasteiger partial charge in [-0.1, -0.05) is 58.4 Å². The molecule has 4 heteroatoms. The number of hydrogen-bond donors (Lipinski definition) is 1. The van der Waals surface area contributed by atoms with E-state index >= 15 is 0 Å². The van der Waals surface area contributed by atoms with Crippen molar-refractivity contribution in [2.45, 2.75) is 6.92 Å². The molecule has 0 aliphatic rings. The average molecular weight is 338 g/mol. The van der Waals surface area contributed by atoms with Gasteiger partial charge in [-0.15, -0.1) is 0 Å². The predicted octanol–water partition coefficient (Wildman–Crippen LogP) is 4.85. The Morgan fingerprint density at radius 2 is 1.62 bits per heavy atom. The Labute approximate surface area is 130 Å². The Hall–Kier alpha value is -2.20. The van der Waals surface area contributed by atoms with Crippen LogP contribution in [0.2, 0.25) is 0 Å². The van der Waals surface area contributed by atoms with Crippen LogP contribution in [0, 0.1) is 6.92 Å². The Morgan fingerprint density at radius 1 is 0.905 bits per heavy atom. The van der Waals surface area contributed by atoms with Gasteiger partial charge < -0.3 is 0 Å². The van der Waals surface area contributed by atoms with Crippen molar-refractivity contribution in [1.29, 1.82) is 0 Å². The lowest BCUT2D eigenvalue weighted by atomic mass is 10.0. The molecular formula is C17H12BrN3. The largest absolute Gasteiger partial charge is 0.280 e. The Kier molecular flexibility index (Phi) is 2.79. The number of rotatable bonds is 1. The second kappa shape index (κ2) is 4.67. The summed E-state index contributed by atoms with van der Waals surface area (Å²) in [5.74, 6) is 0. The quantitative estimate of drug-likeness (QED) is 0.539. The van der Waals surface area contributed by atoms with Crippen LogP contribution in [0.5, 0.6) is 0 Å². The van der Waals surface area contributed by atoms with Gasteiger partial charge in [0.1, 0.15) is 11.0 Å². The van der Waals surface area contributed by atoms with E-state index in [0.717, 1.165) is 43.2 Å². The van der Waals surface area contributed by atoms with Crippen LogP contribution in [-0.4, -0.2) is 15.2 Å². The molecule has 4 rings (SSSR count). The van der Waals surface area contributed by atoms with E-state index in [1.54, 1.807) is 0 Å². The van der Waals surface area contributed by atoms with Crippen molar-refractivity contribution in [3.63, 3.8) is 0 Å². The van der Waals surface area contributed by atoms with Crippen molar-refractivity contribution in [1.82, 2.24) is 15.2 Å². The molecule has 2 heterocycles. The maximum Gasteiger partial charge on any atom is 0.119 e. The predicted molar refractivity (Wildman–Crippen MR) is 89.3 cm³/mol. The smallest absolute Gasteiger partial charge is 0.119 e. The van der Waals surface area contributed by atoms with Gasteiger partial charge in [-0.05, 0) is 13.0 Å². The van der Waals surface area contributed by atoms with Gasteiger partial charge in [0.25, 0.3) is 0 Å². The molecule has 0 saturated heterocycles. The minimum Gasteiger partial charge on any atom is -0.280 e. The molecule has 2 aromatic heterocycles. The fourth-order valence-electron chi connectivity index (χ4n) is 2.67. The molecule has 21 heavy (non-hydrogen) atoms. The van der Waals surface area contributed by atoms with Crippen LogP contribution in [0.1, 0.15) is 5.69 Å². The zero-order valence-corrected chi connectivity index (χ0v) is 13.0. The summed E-state index contributed by atoms with van der Waals surface area (Å²) in [6.45, 7) is 2.00. The van der Waals surface area contributed by atoms with E-state index in [9.17, 15) is 0 Å². The molecule has 0 saturated carbocycles. The summed E-state index contributed by atoms with van der Waals surface area (Å²) in [7, 11) is 0. The number of halogens is 1. The maximum atomic E-state index is 4.87. The summed E-state index contributed by atoms with van der Waals surface area (Å²) >= 11 is 3.63. The number of pyridine rings is 1. The van der Waals surface area contributed by atoms with Crippen molar-refractivity contribution in [2.75, 3.05) is 0 Å². The minimum atomic E-state index is 0.930. The number of hydrogen-bond acceptors (Lipinski definition) is 2. The number of nitrogens with zero attached hydrogens (tertiary/aromatic N) is 2. The maximum absolute atomic E-state index is 4.87. The van der Waals surface area contributed by atoms with Gasteiger partial charge in [-0.25, -0.2) is 4.98 Å². The van der Waals surface area contributed by atoms with Crippen LogP contribution < -0.4 is 0 Å². The highest BCUT2D eigenvalue weighted by Gasteiger charge is 2.14. The van der Waals surface area contributed by atoms with E-state index in [1.807, 2.05) is 37.3 Å². The molecule has 0 aliphatic carbocycles. The SMILES string of the molecule is Cc1[nH]nc2c1nc(-c1ccccc1Br)c1ccccc12. The molecule has 0 radical (unpaired) electrons. The third kappa shape index (κ3) is 1.87. The standard InChI is InChI=1S/C17H12BrN3/c1-10-15-17(21-20-10)12-7-3-2-6-11(12)16(19-15)13-8-4-5-9-14(13)18/h2-9H,1H3,(H,20,21). The van der Waals surface area contributed by atoms with Crippen LogP contribution >= 0.6 is 15.9 Å². The summed E-state index contributed by atoms with van der Waals surface area (Å²) in [5.41, 5.74) is 4.92. The van der Waals surface area contributed by atoms with Crippen molar-refractivity contribution in [3.05, 3.63) is 58.7 Å². The minimum absolute atomic E-state index is 0.930. The first-order valence-electron chi connectivity index (χ1n) is 6.74. The van der Waals surface area contributed by atoms with Crippen molar-refractivity contribution >= 4 is 37.7 Å². The fourth-order valence-corrected chi connectivity index (χ4v) is 3.15. The lowest BCUT2D eigenvalue weighted by Crippen LogP contribution is -1.90. The summed E-state index contributed by atoms with van der Waals surface area (Å²) in [6.07, 6.45) is 0. The molecule has 0 unspecified atom stereocenters. The molecule has 0 fully saturated rings. The van der Waals surface area contributed by atoms with Gasteiger partial charge >= 0.3 is 0 Å². The average Bonchev–Trinajstić information content (AvgIpc) is 2.89. The van der Waals surface area contributed by atoms with Crippen LogP contribution in [0.15, 0.2) is 53.0 Å². The highest BCUT2D eigenvalue weighted by atomic mass is 79.9. The summed E-state index contributed by atoms with van der Waals surface area (Å²) in [6, 6.07) is 16.4. The van der Waals surface area contributed by atoms with Crippen molar-refractivity contribution in [2.24, 2.45) is 0 Å². The van der Waals surface area contributed by atoms with Gasteiger partial charge in [0.05, 0.1) is 11.4 Å². The van der Waals surface area contributed by atoms with Crippen LogP contribution in [0.25, 0.3) is 33.1 Å². The summed E-state index contributed by atoms with van der Waals surface area (Å²) in [4.78, 5) is 4.87. The normalized spacial score (nSPS) is 11.3. The highest BCUT2D eigenvalue weighted by Crippen LogP contribution is 2.35. The van der Waals surface area contributed by atoms with Crippen LogP contribution in [-0.2, 0) is 0 Å². The molecule has 0 amide bonds. The van der Waals surface area contributed by atoms with Gasteiger partial charge in [0, 0.05) is 20.8 Å². The number of aryl methyl sites for hydroxylation is 1.